The summed E-state index contributed by atoms with van der Waals surface area (Å²) >= 11 is 0. The van der Waals surface area contributed by atoms with Crippen LogP contribution < -0.4 is 0 Å². The SMILES string of the molecule is CC(=O)c1ncc(C=O)cc1O. The van der Waals surface area contributed by atoms with Crippen molar-refractivity contribution in [1.82, 2.24) is 4.98 Å². The third-order valence-corrected chi connectivity index (χ3v) is 1.36. The second-order valence-corrected chi connectivity index (χ2v) is 2.31. The molecule has 0 amide bonds. The number of hydrogen-bond donors (Lipinski definition) is 1. The van der Waals surface area contributed by atoms with E-state index in [2.05, 4.69) is 4.98 Å². The van der Waals surface area contributed by atoms with Crippen LogP contribution in [0.15, 0.2) is 12.3 Å². The van der Waals surface area contributed by atoms with Crippen molar-refractivity contribution in [1.29, 1.82) is 0 Å². The van der Waals surface area contributed by atoms with Gasteiger partial charge in [-0.3, -0.25) is 9.59 Å². The first-order chi connectivity index (χ1) is 5.65. The molecule has 1 rings (SSSR count). The van der Waals surface area contributed by atoms with Gasteiger partial charge in [-0.1, -0.05) is 0 Å². The van der Waals surface area contributed by atoms with Gasteiger partial charge in [0.25, 0.3) is 0 Å². The molecule has 1 heterocycles. The van der Waals surface area contributed by atoms with Gasteiger partial charge in [-0.05, 0) is 6.07 Å². The van der Waals surface area contributed by atoms with Crippen molar-refractivity contribution in [3.05, 3.63) is 23.5 Å². The summed E-state index contributed by atoms with van der Waals surface area (Å²) in [4.78, 5) is 24.6. The van der Waals surface area contributed by atoms with Crippen molar-refractivity contribution in [3.8, 4) is 5.75 Å². The Morgan fingerprint density at radius 1 is 1.67 bits per heavy atom. The van der Waals surface area contributed by atoms with Gasteiger partial charge in [0.2, 0.25) is 0 Å². The third kappa shape index (κ3) is 1.47. The summed E-state index contributed by atoms with van der Waals surface area (Å²) in [7, 11) is 0. The first-order valence-corrected chi connectivity index (χ1v) is 3.30. The Morgan fingerprint density at radius 2 is 2.33 bits per heavy atom. The standard InChI is InChI=1S/C8H7NO3/c1-5(11)8-7(12)2-6(4-10)3-9-8/h2-4,12H,1H3. The molecule has 0 unspecified atom stereocenters. The van der Waals surface area contributed by atoms with Crippen molar-refractivity contribution in [2.75, 3.05) is 0 Å². The molecule has 4 nitrogen and oxygen atoms in total. The summed E-state index contributed by atoms with van der Waals surface area (Å²) in [5.41, 5.74) is 0.234. The molecule has 0 aliphatic heterocycles. The molecule has 0 radical (unpaired) electrons. The van der Waals surface area contributed by atoms with Crippen LogP contribution in [-0.2, 0) is 0 Å². The first kappa shape index (κ1) is 8.39. The number of aldehydes is 1. The minimum absolute atomic E-state index is 0.0133. The summed E-state index contributed by atoms with van der Waals surface area (Å²) in [5, 5.41) is 9.15. The summed E-state index contributed by atoms with van der Waals surface area (Å²) in [6, 6.07) is 1.21. The Kier molecular flexibility index (Phi) is 2.19. The molecule has 0 fully saturated rings. The highest BCUT2D eigenvalue weighted by Gasteiger charge is 2.07. The molecule has 4 heteroatoms. The molecule has 1 N–H and O–H groups in total. The van der Waals surface area contributed by atoms with Gasteiger partial charge in [0, 0.05) is 18.7 Å². The lowest BCUT2D eigenvalue weighted by Gasteiger charge is -1.98. The van der Waals surface area contributed by atoms with Crippen LogP contribution in [0.25, 0.3) is 0 Å². The molecule has 0 spiro atoms. The van der Waals surface area contributed by atoms with Crippen LogP contribution >= 0.6 is 0 Å². The van der Waals surface area contributed by atoms with Crippen LogP contribution in [0.3, 0.4) is 0 Å². The lowest BCUT2D eigenvalue weighted by atomic mass is 10.2. The molecular formula is C8H7NO3. The summed E-state index contributed by atoms with van der Waals surface area (Å²) in [6.07, 6.45) is 1.79. The number of ketones is 1. The van der Waals surface area contributed by atoms with Gasteiger partial charge in [0.05, 0.1) is 0 Å². The van der Waals surface area contributed by atoms with Gasteiger partial charge in [-0.15, -0.1) is 0 Å². The predicted molar refractivity (Wildman–Crippen MR) is 41.3 cm³/mol. The zero-order valence-electron chi connectivity index (χ0n) is 6.44. The molecule has 0 aromatic carbocycles. The second kappa shape index (κ2) is 3.13. The summed E-state index contributed by atoms with van der Waals surface area (Å²) in [5.74, 6) is -0.586. The Bertz CT molecular complexity index is 333. The molecule has 0 aliphatic rings. The fourth-order valence-corrected chi connectivity index (χ4v) is 0.804. The lowest BCUT2D eigenvalue weighted by Crippen LogP contribution is -1.97. The quantitative estimate of drug-likeness (QED) is 0.520. The van der Waals surface area contributed by atoms with Crippen LogP contribution in [0, 0.1) is 0 Å². The number of hydrogen-bond acceptors (Lipinski definition) is 4. The van der Waals surface area contributed by atoms with E-state index in [0.717, 1.165) is 0 Å². The number of Topliss-reactive ketones (excluding diaryl/α,β-unsaturated/α-hetero) is 1. The highest BCUT2D eigenvalue weighted by Crippen LogP contribution is 2.14. The number of aromatic nitrogens is 1. The lowest BCUT2D eigenvalue weighted by molar-refractivity contribution is 0.100. The van der Waals surface area contributed by atoms with Crippen LogP contribution in [0.4, 0.5) is 0 Å². The Labute approximate surface area is 68.9 Å². The first-order valence-electron chi connectivity index (χ1n) is 3.30. The van der Waals surface area contributed by atoms with Gasteiger partial charge in [0.1, 0.15) is 11.4 Å². The number of nitrogens with zero attached hydrogens (tertiary/aromatic N) is 1. The van der Waals surface area contributed by atoms with Crippen molar-refractivity contribution < 1.29 is 14.7 Å². The fourth-order valence-electron chi connectivity index (χ4n) is 0.804. The van der Waals surface area contributed by atoms with Crippen molar-refractivity contribution in [2.24, 2.45) is 0 Å². The maximum atomic E-state index is 10.8. The van der Waals surface area contributed by atoms with Gasteiger partial charge in [-0.2, -0.15) is 0 Å². The average molecular weight is 165 g/mol. The van der Waals surface area contributed by atoms with E-state index in [4.69, 9.17) is 5.11 Å². The van der Waals surface area contributed by atoms with E-state index in [1.54, 1.807) is 0 Å². The minimum Gasteiger partial charge on any atom is -0.506 e. The zero-order valence-corrected chi connectivity index (χ0v) is 6.44. The highest BCUT2D eigenvalue weighted by atomic mass is 16.3. The van der Waals surface area contributed by atoms with E-state index in [1.807, 2.05) is 0 Å². The topological polar surface area (TPSA) is 67.3 Å². The van der Waals surface area contributed by atoms with Crippen molar-refractivity contribution >= 4 is 12.1 Å². The van der Waals surface area contributed by atoms with E-state index in [1.165, 1.54) is 19.2 Å². The average Bonchev–Trinajstić information content (AvgIpc) is 2.03. The number of rotatable bonds is 2. The summed E-state index contributed by atoms with van der Waals surface area (Å²) < 4.78 is 0. The van der Waals surface area contributed by atoms with Crippen LogP contribution in [0.1, 0.15) is 27.8 Å². The van der Waals surface area contributed by atoms with Gasteiger partial charge in [0.15, 0.2) is 12.1 Å². The van der Waals surface area contributed by atoms with Crippen molar-refractivity contribution in [2.45, 2.75) is 6.92 Å². The normalized spacial score (nSPS) is 9.42. The molecule has 1 aromatic rings. The van der Waals surface area contributed by atoms with E-state index in [9.17, 15) is 9.59 Å². The molecule has 1 aromatic heterocycles. The molecular weight excluding hydrogens is 158 g/mol. The fraction of sp³-hybridized carbons (Fsp3) is 0.125. The smallest absolute Gasteiger partial charge is 0.181 e. The number of carbonyl (C=O) groups excluding carboxylic acids is 2. The monoisotopic (exact) mass is 165 g/mol. The Morgan fingerprint density at radius 3 is 2.75 bits per heavy atom. The maximum absolute atomic E-state index is 10.8. The predicted octanol–water partition coefficient (Wildman–Crippen LogP) is 0.802. The molecule has 0 aliphatic carbocycles. The van der Waals surface area contributed by atoms with Gasteiger partial charge in [-0.25, -0.2) is 4.98 Å². The molecule has 0 atom stereocenters. The highest BCUT2D eigenvalue weighted by molar-refractivity contribution is 5.95. The second-order valence-electron chi connectivity index (χ2n) is 2.31. The molecule has 0 bridgehead atoms. The number of aromatic hydroxyl groups is 1. The largest absolute Gasteiger partial charge is 0.506 e. The Balaban J connectivity index is 3.20. The van der Waals surface area contributed by atoms with Gasteiger partial charge >= 0.3 is 0 Å². The minimum atomic E-state index is -0.329. The van der Waals surface area contributed by atoms with Crippen LogP contribution in [0.5, 0.6) is 5.75 Å². The Hall–Kier alpha value is -1.71. The number of carbonyl (C=O) groups is 2. The van der Waals surface area contributed by atoms with Crippen LogP contribution in [-0.4, -0.2) is 22.2 Å². The molecule has 12 heavy (non-hydrogen) atoms. The van der Waals surface area contributed by atoms with Crippen LogP contribution in [0.2, 0.25) is 0 Å². The molecule has 0 saturated carbocycles. The summed E-state index contributed by atoms with van der Waals surface area (Å²) in [6.45, 7) is 1.29. The van der Waals surface area contributed by atoms with E-state index >= 15 is 0 Å². The van der Waals surface area contributed by atoms with Crippen molar-refractivity contribution in [3.63, 3.8) is 0 Å². The van der Waals surface area contributed by atoms with E-state index in [0.29, 0.717) is 6.29 Å². The molecule has 62 valence electrons. The van der Waals surface area contributed by atoms with Gasteiger partial charge < -0.3 is 5.11 Å². The van der Waals surface area contributed by atoms with E-state index in [-0.39, 0.29) is 22.8 Å². The molecule has 0 saturated heterocycles. The zero-order chi connectivity index (χ0) is 9.14. The third-order valence-electron chi connectivity index (χ3n) is 1.36. The van der Waals surface area contributed by atoms with E-state index < -0.39 is 0 Å². The maximum Gasteiger partial charge on any atom is 0.181 e. The number of pyridine rings is 1.